The molecule has 10 heterocycles. The molecule has 8 amide bonds. The van der Waals surface area contributed by atoms with Crippen molar-refractivity contribution < 1.29 is 99.8 Å². The fraction of sp³-hybridized carbons (Fsp3) is 0.880. The van der Waals surface area contributed by atoms with E-state index in [0.717, 1.165) is 115 Å². The summed E-state index contributed by atoms with van der Waals surface area (Å²) in [6, 6.07) is 0. The van der Waals surface area contributed by atoms with E-state index in [1.165, 1.54) is 19.9 Å². The number of carbonyl (C=O) groups excluding carboxylic acids is 9. The second-order valence-corrected chi connectivity index (χ2v) is 28.9. The number of nitrogens with zero attached hydrogens (tertiary/aromatic N) is 8. The van der Waals surface area contributed by atoms with Crippen molar-refractivity contribution in [1.82, 2.24) is 49.8 Å². The number of carbonyl (C=O) groups is 9. The Morgan fingerprint density at radius 2 is 0.637 bits per heavy atom. The van der Waals surface area contributed by atoms with Crippen LogP contribution in [0.15, 0.2) is 0 Å². The number of alkyl halides is 1. The molecule has 24 nitrogen and oxygen atoms in total. The van der Waals surface area contributed by atoms with Crippen molar-refractivity contribution in [1.29, 1.82) is 0 Å². The summed E-state index contributed by atoms with van der Waals surface area (Å²) in [6.07, 6.45) is 7.40. The second-order valence-electron chi connectivity index (χ2n) is 28.9. The minimum Gasteiger partial charge on any atom is -1.00 e. The van der Waals surface area contributed by atoms with E-state index < -0.39 is 23.9 Å². The van der Waals surface area contributed by atoms with Crippen LogP contribution in [0, 0.1) is 59.2 Å². The molecule has 10 saturated heterocycles. The van der Waals surface area contributed by atoms with Crippen LogP contribution in [-0.2, 0) is 43.0 Å². The van der Waals surface area contributed by atoms with Gasteiger partial charge in [0.05, 0.1) is 0 Å². The molecular formula is C75H154BIN10NaO14+. The molecule has 0 aromatic rings. The van der Waals surface area contributed by atoms with Gasteiger partial charge in [-0.2, -0.15) is 0 Å². The van der Waals surface area contributed by atoms with Crippen LogP contribution in [0.3, 0.4) is 0 Å². The number of amides is 8. The topological polar surface area (TPSA) is 272 Å². The predicted molar refractivity (Wildman–Crippen MR) is 424 cm³/mol. The van der Waals surface area contributed by atoms with Gasteiger partial charge in [0.1, 0.15) is 23.6 Å². The first kappa shape index (κ1) is 109. The van der Waals surface area contributed by atoms with Gasteiger partial charge in [0.2, 0.25) is 29.5 Å². The van der Waals surface area contributed by atoms with Gasteiger partial charge >= 0.3 is 56.4 Å². The molecule has 4 N–H and O–H groups in total. The zero-order chi connectivity index (χ0) is 77.3. The molecule has 10 atom stereocenters. The molecule has 0 saturated carbocycles. The van der Waals surface area contributed by atoms with Crippen LogP contribution in [0.4, 0.5) is 14.4 Å². The maximum absolute atomic E-state index is 12.1. The predicted octanol–water partition coefficient (Wildman–Crippen LogP) is 8.90. The molecule has 598 valence electrons. The molecule has 10 unspecified atom stereocenters. The van der Waals surface area contributed by atoms with Gasteiger partial charge < -0.3 is 80.3 Å². The molecule has 10 fully saturated rings. The molecule has 0 aromatic carbocycles. The minimum atomic E-state index is -1.17. The van der Waals surface area contributed by atoms with Crippen LogP contribution in [0.25, 0.3) is 0 Å². The van der Waals surface area contributed by atoms with Gasteiger partial charge in [0.15, 0.2) is 0 Å². The fourth-order valence-corrected chi connectivity index (χ4v) is 13.4. The molecule has 0 spiro atoms. The number of rotatable bonds is 0. The molecule has 10 aliphatic rings. The molecule has 0 aliphatic carbocycles. The molecule has 102 heavy (non-hydrogen) atoms. The van der Waals surface area contributed by atoms with E-state index >= 15 is 0 Å². The van der Waals surface area contributed by atoms with Crippen molar-refractivity contribution in [3.05, 3.63) is 0 Å². The second kappa shape index (κ2) is 57.6. The largest absolute Gasteiger partial charge is 1.00 e. The third-order valence-corrected chi connectivity index (χ3v) is 17.9. The van der Waals surface area contributed by atoms with E-state index in [0.29, 0.717) is 105 Å². The van der Waals surface area contributed by atoms with Crippen LogP contribution in [0.2, 0.25) is 6.82 Å². The first-order valence-electron chi connectivity index (χ1n) is 37.1. The smallest absolute Gasteiger partial charge is 1.00 e. The Hall–Kier alpha value is -3.54. The molecule has 27 heteroatoms. The van der Waals surface area contributed by atoms with Crippen molar-refractivity contribution in [2.75, 3.05) is 138 Å². The van der Waals surface area contributed by atoms with Crippen LogP contribution in [0.5, 0.6) is 0 Å². The summed E-state index contributed by atoms with van der Waals surface area (Å²) in [5, 5.41) is 21.5. The Labute approximate surface area is 661 Å². The summed E-state index contributed by atoms with van der Waals surface area (Å²) in [6.45, 7) is 53.1. The number of nitrogens with one attached hydrogen (secondary N) is 2. The number of fused-ring (bicyclic) bond motifs is 5. The monoisotopic (exact) mass is 1580 g/mol. The summed E-state index contributed by atoms with van der Waals surface area (Å²) >= 11 is 2.15. The molecule has 0 bridgehead atoms. The maximum atomic E-state index is 12.1. The van der Waals surface area contributed by atoms with E-state index in [2.05, 4.69) is 45.2 Å². The van der Waals surface area contributed by atoms with E-state index in [-0.39, 0.29) is 83.3 Å². The van der Waals surface area contributed by atoms with Crippen molar-refractivity contribution in [2.24, 2.45) is 59.2 Å². The Balaban J connectivity index is -0.000000174. The number of ether oxygens (including phenoxy) is 3. The summed E-state index contributed by atoms with van der Waals surface area (Å²) in [5.74, 6) is 6.63. The third kappa shape index (κ3) is 42.7. The number of hydrogen-bond donors (Lipinski definition) is 4. The number of likely N-dealkylation sites (tertiary alicyclic amines) is 8. The van der Waals surface area contributed by atoms with Crippen LogP contribution in [-0.4, -0.2) is 266 Å². The summed E-state index contributed by atoms with van der Waals surface area (Å²) in [4.78, 5) is 119. The van der Waals surface area contributed by atoms with Gasteiger partial charge in [-0.05, 0) is 185 Å². The normalized spacial score (nSPS) is 25.0. The zero-order valence-corrected chi connectivity index (χ0v) is 72.1. The van der Waals surface area contributed by atoms with Gasteiger partial charge in [-0.15, -0.1) is 0 Å². The van der Waals surface area contributed by atoms with Gasteiger partial charge in [-0.1, -0.05) is 107 Å². The zero-order valence-electron chi connectivity index (χ0n) is 70.0. The molecule has 10 rings (SSSR count). The average Bonchev–Trinajstić information content (AvgIpc) is 1.70. The molecule has 10 aliphatic heterocycles. The van der Waals surface area contributed by atoms with Gasteiger partial charge in [-0.3, -0.25) is 24.0 Å². The minimum absolute atomic E-state index is 0. The van der Waals surface area contributed by atoms with Gasteiger partial charge in [0.25, 0.3) is 0 Å². The van der Waals surface area contributed by atoms with E-state index in [1.54, 1.807) is 24.5 Å². The van der Waals surface area contributed by atoms with Crippen LogP contribution < -0.4 is 40.2 Å². The van der Waals surface area contributed by atoms with Crippen molar-refractivity contribution in [2.45, 2.75) is 234 Å². The van der Waals surface area contributed by atoms with E-state index in [4.69, 9.17) is 29.1 Å². The Kier molecular flexibility index (Phi) is 61.8. The number of hydrogen-bond acceptors (Lipinski definition) is 16. The Morgan fingerprint density at radius 3 is 0.951 bits per heavy atom. The summed E-state index contributed by atoms with van der Waals surface area (Å²) in [5.41, 5.74) is -1.35. The average molecular weight is 1580 g/mol. The quantitative estimate of drug-likeness (QED) is 0.0763. The third-order valence-electron chi connectivity index (χ3n) is 17.9. The van der Waals surface area contributed by atoms with Crippen molar-refractivity contribution in [3.63, 3.8) is 0 Å². The van der Waals surface area contributed by atoms with Gasteiger partial charge in [-0.25, -0.2) is 14.4 Å². The molecular weight excluding hydrogens is 1430 g/mol. The van der Waals surface area contributed by atoms with Crippen LogP contribution >= 0.6 is 22.6 Å². The Morgan fingerprint density at radius 1 is 0.422 bits per heavy atom. The molecule has 0 radical (unpaired) electrons. The SMILES string of the molecule is C.C.C=O.CB(O)O.CC.CC.CC.CC.CC.CC(C)(C)OC(=O)N1CC2CCC(=O)NCC2C1.CI.CN1CC2CCC(=O)N(C)CC2C1.CN1CC2CN(C(=O)OC(C)(C)C)CC2CCC1=O.CN1CC2CN(C(=O)OC(C)(C)C)CC2CCC1=O.CN1CC2CNCC2CCC1=O.[H+].[H-].[Na+]. The summed E-state index contributed by atoms with van der Waals surface area (Å²) in [7, 11) is 8.56. The standard InChI is InChI=1S/2C14H24N2O3.C13H22N2O3.C10H18N2O.C9H16N2O.5C2H6.CH5BO2.CH3I.CH2O.2CH4.Na.H/c2*1-14(2,3)19-13(18)16-8-10-5-6-12(17)15(4)7-11(10)9-16;1-13(2,3)18-12(17)15-7-9-4-5-11(16)14-6-10(9)8-15;1-11-5-8-3-4-10(13)12(2)7-9(8)6-11;1-11-6-8-5-10-4-7(8)2-3-9(11)12;5*1-2;1-2(3)4;2*1-2;;;;/h2*10-11H,5-9H2,1-4H3;9-10H,4-8H2,1-3H3,(H,14,16);8-9H,3-7H2,1-2H3;7-8,10H,2-6H2,1H3;5*1-2H3;3-4H,1H3;1H3;1H2;2*1H4;;/q;;;;;;;;;;;;;;;+1;-1/p+1. The maximum Gasteiger partial charge on any atom is 1.00 e. The van der Waals surface area contributed by atoms with E-state index in [1.807, 2.05) is 181 Å². The first-order valence-corrected chi connectivity index (χ1v) is 39.3. The van der Waals surface area contributed by atoms with E-state index in [9.17, 15) is 38.4 Å². The fourth-order valence-electron chi connectivity index (χ4n) is 13.4. The van der Waals surface area contributed by atoms with Crippen molar-refractivity contribution in [3.8, 4) is 0 Å². The van der Waals surface area contributed by atoms with Gasteiger partial charge in [0, 0.05) is 145 Å². The summed E-state index contributed by atoms with van der Waals surface area (Å²) < 4.78 is 16.2. The Bertz CT molecular complexity index is 2220. The van der Waals surface area contributed by atoms with Crippen LogP contribution in [0.1, 0.15) is 213 Å². The number of halogens is 1. The molecule has 0 aromatic heterocycles. The first-order chi connectivity index (χ1) is 46.5. The van der Waals surface area contributed by atoms with Crippen molar-refractivity contribution >= 4 is 84.3 Å².